The van der Waals surface area contributed by atoms with E-state index in [4.69, 9.17) is 4.74 Å². The topological polar surface area (TPSA) is 105 Å². The van der Waals surface area contributed by atoms with Crippen molar-refractivity contribution in [3.63, 3.8) is 0 Å². The molecule has 1 amide bonds. The molecule has 1 unspecified atom stereocenters. The summed E-state index contributed by atoms with van der Waals surface area (Å²) in [6.45, 7) is 3.87. The van der Waals surface area contributed by atoms with Crippen LogP contribution in [0.5, 0.6) is 5.75 Å². The van der Waals surface area contributed by atoms with E-state index in [1.807, 2.05) is 6.07 Å². The van der Waals surface area contributed by atoms with E-state index in [2.05, 4.69) is 32.5 Å². The number of hydrogen-bond donors (Lipinski definition) is 3. The maximum atomic E-state index is 14.3. The number of nitrogens with zero attached hydrogens (tertiary/aromatic N) is 2. The molecule has 3 N–H and O–H groups in total. The lowest BCUT2D eigenvalue weighted by atomic mass is 10.2. The number of benzene rings is 2. The SMILES string of the molecule is C=CC(=O)Nc1cccc(Nc2nc(Nc3cccc(OCCCS(C)=O)c3)ncc2F)c1. The van der Waals surface area contributed by atoms with E-state index in [-0.39, 0.29) is 17.7 Å². The molecule has 2 aromatic carbocycles. The van der Waals surface area contributed by atoms with E-state index in [1.165, 1.54) is 0 Å². The van der Waals surface area contributed by atoms with Crippen molar-refractivity contribution in [1.29, 1.82) is 0 Å². The van der Waals surface area contributed by atoms with Crippen LogP contribution in [-0.2, 0) is 15.6 Å². The molecule has 0 spiro atoms. The number of aromatic nitrogens is 2. The molecule has 3 rings (SSSR count). The van der Waals surface area contributed by atoms with Gasteiger partial charge in [-0.15, -0.1) is 0 Å². The van der Waals surface area contributed by atoms with Crippen LogP contribution in [0.2, 0.25) is 0 Å². The lowest BCUT2D eigenvalue weighted by Crippen LogP contribution is -2.07. The van der Waals surface area contributed by atoms with Gasteiger partial charge in [-0.2, -0.15) is 4.98 Å². The Balaban J connectivity index is 1.68. The summed E-state index contributed by atoms with van der Waals surface area (Å²) < 4.78 is 31.1. The number of ether oxygens (including phenoxy) is 1. The maximum Gasteiger partial charge on any atom is 0.247 e. The van der Waals surface area contributed by atoms with Crippen molar-refractivity contribution in [3.05, 3.63) is 73.2 Å². The Labute approximate surface area is 193 Å². The predicted octanol–water partition coefficient (Wildman–Crippen LogP) is 4.37. The number of amides is 1. The molecule has 3 aromatic rings. The fraction of sp³-hybridized carbons (Fsp3) is 0.174. The van der Waals surface area contributed by atoms with Crippen molar-refractivity contribution < 1.29 is 18.1 Å². The number of halogens is 1. The number of hydrogen-bond acceptors (Lipinski definition) is 7. The largest absolute Gasteiger partial charge is 0.493 e. The minimum atomic E-state index is -0.846. The molecule has 0 radical (unpaired) electrons. The molecule has 1 aromatic heterocycles. The van der Waals surface area contributed by atoms with Crippen molar-refractivity contribution in [2.24, 2.45) is 0 Å². The van der Waals surface area contributed by atoms with Crippen LogP contribution >= 0.6 is 0 Å². The van der Waals surface area contributed by atoms with Gasteiger partial charge in [0.05, 0.1) is 12.8 Å². The van der Waals surface area contributed by atoms with Gasteiger partial charge in [-0.25, -0.2) is 9.37 Å². The third-order valence-electron chi connectivity index (χ3n) is 4.26. The molecule has 1 heterocycles. The summed E-state index contributed by atoms with van der Waals surface area (Å²) in [4.78, 5) is 19.7. The second-order valence-corrected chi connectivity index (χ2v) is 8.48. The highest BCUT2D eigenvalue weighted by molar-refractivity contribution is 7.84. The van der Waals surface area contributed by atoms with Crippen LogP contribution in [-0.4, -0.2) is 38.7 Å². The summed E-state index contributed by atoms with van der Waals surface area (Å²) in [7, 11) is -0.846. The van der Waals surface area contributed by atoms with E-state index < -0.39 is 16.6 Å². The number of nitrogens with one attached hydrogen (secondary N) is 3. The van der Waals surface area contributed by atoms with E-state index in [0.717, 1.165) is 12.3 Å². The molecule has 0 saturated carbocycles. The molecule has 0 fully saturated rings. The zero-order valence-electron chi connectivity index (χ0n) is 18.0. The third-order valence-corrected chi connectivity index (χ3v) is 5.12. The van der Waals surface area contributed by atoms with E-state index in [0.29, 0.717) is 41.6 Å². The zero-order chi connectivity index (χ0) is 23.6. The second kappa shape index (κ2) is 11.7. The van der Waals surface area contributed by atoms with Crippen molar-refractivity contribution in [1.82, 2.24) is 9.97 Å². The number of rotatable bonds is 11. The predicted molar refractivity (Wildman–Crippen MR) is 129 cm³/mol. The summed E-state index contributed by atoms with van der Waals surface area (Å²) in [5.41, 5.74) is 1.72. The summed E-state index contributed by atoms with van der Waals surface area (Å²) in [5.74, 6) is 0.402. The van der Waals surface area contributed by atoms with Crippen LogP contribution in [0.3, 0.4) is 0 Å². The van der Waals surface area contributed by atoms with Gasteiger partial charge in [0.2, 0.25) is 11.9 Å². The number of carbonyl (C=O) groups is 1. The molecule has 0 aliphatic carbocycles. The third kappa shape index (κ3) is 7.69. The van der Waals surface area contributed by atoms with Gasteiger partial charge in [-0.05, 0) is 42.8 Å². The van der Waals surface area contributed by atoms with E-state index in [9.17, 15) is 13.4 Å². The van der Waals surface area contributed by atoms with Gasteiger partial charge in [0, 0.05) is 45.9 Å². The Kier molecular flexibility index (Phi) is 8.48. The molecule has 0 aliphatic heterocycles. The number of anilines is 5. The summed E-state index contributed by atoms with van der Waals surface area (Å²) >= 11 is 0. The van der Waals surface area contributed by atoms with Crippen LogP contribution in [0.25, 0.3) is 0 Å². The molecule has 8 nitrogen and oxygen atoms in total. The first kappa shape index (κ1) is 23.9. The minimum Gasteiger partial charge on any atom is -0.493 e. The molecule has 172 valence electrons. The zero-order valence-corrected chi connectivity index (χ0v) is 18.8. The highest BCUT2D eigenvalue weighted by Crippen LogP contribution is 2.24. The fourth-order valence-electron chi connectivity index (χ4n) is 2.76. The van der Waals surface area contributed by atoms with Crippen LogP contribution in [0.15, 0.2) is 67.4 Å². The maximum absolute atomic E-state index is 14.3. The quantitative estimate of drug-likeness (QED) is 0.283. The molecule has 10 heteroatoms. The number of carbonyl (C=O) groups excluding carboxylic acids is 1. The van der Waals surface area contributed by atoms with Crippen LogP contribution in [0.4, 0.5) is 33.2 Å². The van der Waals surface area contributed by atoms with Gasteiger partial charge in [0.1, 0.15) is 5.75 Å². The van der Waals surface area contributed by atoms with Crippen molar-refractivity contribution in [2.75, 3.05) is 34.6 Å². The normalized spacial score (nSPS) is 11.3. The van der Waals surface area contributed by atoms with Gasteiger partial charge in [0.25, 0.3) is 0 Å². The Morgan fingerprint density at radius 2 is 1.88 bits per heavy atom. The Morgan fingerprint density at radius 1 is 1.15 bits per heavy atom. The first-order valence-electron chi connectivity index (χ1n) is 10.1. The summed E-state index contributed by atoms with van der Waals surface area (Å²) in [6.07, 6.45) is 4.57. The van der Waals surface area contributed by atoms with Gasteiger partial charge >= 0.3 is 0 Å². The van der Waals surface area contributed by atoms with Gasteiger partial charge in [-0.1, -0.05) is 18.7 Å². The van der Waals surface area contributed by atoms with Gasteiger partial charge in [-0.3, -0.25) is 9.00 Å². The first-order valence-corrected chi connectivity index (χ1v) is 11.8. The highest BCUT2D eigenvalue weighted by Gasteiger charge is 2.09. The lowest BCUT2D eigenvalue weighted by Gasteiger charge is -2.11. The molecule has 0 bridgehead atoms. The highest BCUT2D eigenvalue weighted by atomic mass is 32.2. The van der Waals surface area contributed by atoms with E-state index in [1.54, 1.807) is 48.7 Å². The Bertz CT molecular complexity index is 1160. The molecular formula is C23H24FN5O3S. The van der Waals surface area contributed by atoms with Crippen LogP contribution in [0.1, 0.15) is 6.42 Å². The summed E-state index contributed by atoms with van der Waals surface area (Å²) in [5, 5.41) is 8.56. The Hall–Kier alpha value is -3.79. The summed E-state index contributed by atoms with van der Waals surface area (Å²) in [6, 6.07) is 14.0. The van der Waals surface area contributed by atoms with Gasteiger partial charge < -0.3 is 20.7 Å². The lowest BCUT2D eigenvalue weighted by molar-refractivity contribution is -0.111. The van der Waals surface area contributed by atoms with Gasteiger partial charge in [0.15, 0.2) is 11.6 Å². The molecule has 33 heavy (non-hydrogen) atoms. The monoisotopic (exact) mass is 469 g/mol. The molecule has 0 aliphatic rings. The smallest absolute Gasteiger partial charge is 0.247 e. The fourth-order valence-corrected chi connectivity index (χ4v) is 3.29. The second-order valence-electron chi connectivity index (χ2n) is 6.92. The van der Waals surface area contributed by atoms with Crippen molar-refractivity contribution in [2.45, 2.75) is 6.42 Å². The first-order chi connectivity index (χ1) is 15.9. The average molecular weight is 470 g/mol. The molecular weight excluding hydrogens is 445 g/mol. The van der Waals surface area contributed by atoms with Crippen LogP contribution in [0, 0.1) is 5.82 Å². The van der Waals surface area contributed by atoms with Crippen molar-refractivity contribution in [3.8, 4) is 5.75 Å². The van der Waals surface area contributed by atoms with E-state index >= 15 is 0 Å². The minimum absolute atomic E-state index is 0.0281. The standard InChI is InChI=1S/C23H24FN5O3S/c1-3-21(30)26-16-7-4-8-17(13-16)27-22-20(24)15-25-23(29-22)28-18-9-5-10-19(14-18)32-11-6-12-33(2)31/h3-5,7-10,13-15H,1,6,11-12H2,2H3,(H,26,30)(H2,25,27,28,29). The molecule has 0 saturated heterocycles. The Morgan fingerprint density at radius 3 is 2.64 bits per heavy atom. The molecule has 1 atom stereocenters. The average Bonchev–Trinajstić information content (AvgIpc) is 2.79. The van der Waals surface area contributed by atoms with Crippen molar-refractivity contribution >= 4 is 45.5 Å². The van der Waals surface area contributed by atoms with Crippen LogP contribution < -0.4 is 20.7 Å².